The van der Waals surface area contributed by atoms with Gasteiger partial charge in [0.25, 0.3) is 0 Å². The maximum atomic E-state index is 11.8. The molecule has 0 N–H and O–H groups in total. The van der Waals surface area contributed by atoms with Crippen molar-refractivity contribution in [2.75, 3.05) is 6.61 Å². The van der Waals surface area contributed by atoms with Gasteiger partial charge in [0, 0.05) is 16.5 Å². The first kappa shape index (κ1) is 28.2. The average molecular weight is 500 g/mol. The first-order valence-corrected chi connectivity index (χ1v) is 13.7. The highest BCUT2D eigenvalue weighted by atomic mass is 16.5. The van der Waals surface area contributed by atoms with Crippen LogP contribution in [-0.2, 0) is 9.53 Å². The molecule has 0 spiro atoms. The Labute approximate surface area is 222 Å². The normalized spacial score (nSPS) is 12.1. The van der Waals surface area contributed by atoms with E-state index in [-0.39, 0.29) is 12.1 Å². The second-order valence-electron chi connectivity index (χ2n) is 9.65. The van der Waals surface area contributed by atoms with Crippen LogP contribution in [-0.4, -0.2) is 23.7 Å². The lowest BCUT2D eigenvalue weighted by atomic mass is 10.0. The quantitative estimate of drug-likeness (QED) is 0.112. The summed E-state index contributed by atoms with van der Waals surface area (Å²) in [7, 11) is 0. The van der Waals surface area contributed by atoms with E-state index in [1.165, 1.54) is 19.3 Å². The number of pyridine rings is 1. The van der Waals surface area contributed by atoms with Crippen LogP contribution in [0, 0.1) is 0 Å². The lowest BCUT2D eigenvalue weighted by molar-refractivity contribution is -0.144. The van der Waals surface area contributed by atoms with Gasteiger partial charge in [-0.05, 0) is 63.0 Å². The molecule has 4 heteroatoms. The molecular formula is C33H41NO3. The molecule has 0 amide bonds. The Bertz CT molecular complexity index is 1170. The monoisotopic (exact) mass is 499 g/mol. The summed E-state index contributed by atoms with van der Waals surface area (Å²) < 4.78 is 11.7. The van der Waals surface area contributed by atoms with Gasteiger partial charge in [-0.25, -0.2) is 9.78 Å². The van der Waals surface area contributed by atoms with Crippen LogP contribution in [0.5, 0.6) is 5.75 Å². The van der Waals surface area contributed by atoms with Crippen LogP contribution in [0.3, 0.4) is 0 Å². The van der Waals surface area contributed by atoms with E-state index in [2.05, 4.69) is 37.8 Å². The molecule has 0 radical (unpaired) electrons. The van der Waals surface area contributed by atoms with Crippen molar-refractivity contribution in [3.63, 3.8) is 0 Å². The van der Waals surface area contributed by atoms with Crippen molar-refractivity contribution in [3.05, 3.63) is 84.1 Å². The minimum absolute atomic E-state index is 0.0220. The Balaban J connectivity index is 1.34. The van der Waals surface area contributed by atoms with E-state index < -0.39 is 0 Å². The number of carbonyl (C=O) groups excluding carboxylic acids is 1. The van der Waals surface area contributed by atoms with Gasteiger partial charge in [-0.1, -0.05) is 88.1 Å². The molecule has 0 bridgehead atoms. The summed E-state index contributed by atoms with van der Waals surface area (Å²) in [5.74, 6) is 0.645. The van der Waals surface area contributed by atoms with E-state index in [1.807, 2.05) is 48.5 Å². The third kappa shape index (κ3) is 9.87. The molecule has 0 fully saturated rings. The Morgan fingerprint density at radius 3 is 2.43 bits per heavy atom. The van der Waals surface area contributed by atoms with Crippen LogP contribution in [0.4, 0.5) is 0 Å². The fourth-order valence-electron chi connectivity index (χ4n) is 4.30. The lowest BCUT2D eigenvalue weighted by Gasteiger charge is -2.17. The largest absolute Gasteiger partial charge is 0.493 e. The van der Waals surface area contributed by atoms with Crippen molar-refractivity contribution in [2.24, 2.45) is 0 Å². The lowest BCUT2D eigenvalue weighted by Crippen LogP contribution is -2.18. The summed E-state index contributed by atoms with van der Waals surface area (Å²) in [6, 6.07) is 20.5. The summed E-state index contributed by atoms with van der Waals surface area (Å²) in [4.78, 5) is 16.5. The molecule has 0 aliphatic heterocycles. The van der Waals surface area contributed by atoms with Crippen molar-refractivity contribution in [1.82, 2.24) is 4.98 Å². The fraction of sp³-hybridized carbons (Fsp3) is 0.394. The molecule has 1 unspecified atom stereocenters. The van der Waals surface area contributed by atoms with Crippen molar-refractivity contribution >= 4 is 29.0 Å². The third-order valence-electron chi connectivity index (χ3n) is 6.38. The van der Waals surface area contributed by atoms with Gasteiger partial charge in [-0.15, -0.1) is 0 Å². The number of esters is 1. The zero-order chi connectivity index (χ0) is 26.3. The minimum Gasteiger partial charge on any atom is -0.493 e. The predicted octanol–water partition coefficient (Wildman–Crippen LogP) is 8.80. The van der Waals surface area contributed by atoms with Crippen molar-refractivity contribution in [2.45, 2.75) is 77.7 Å². The van der Waals surface area contributed by atoms with E-state index >= 15 is 0 Å². The topological polar surface area (TPSA) is 48.4 Å². The van der Waals surface area contributed by atoms with Crippen LogP contribution < -0.4 is 4.74 Å². The fourth-order valence-corrected chi connectivity index (χ4v) is 4.30. The zero-order valence-corrected chi connectivity index (χ0v) is 22.5. The van der Waals surface area contributed by atoms with Gasteiger partial charge < -0.3 is 9.47 Å². The van der Waals surface area contributed by atoms with Crippen LogP contribution in [0.2, 0.25) is 0 Å². The molecule has 3 rings (SSSR count). The number of fused-ring (bicyclic) bond motifs is 1. The highest BCUT2D eigenvalue weighted by molar-refractivity contribution is 5.87. The number of hydrogen-bond acceptors (Lipinski definition) is 4. The number of rotatable bonds is 16. The van der Waals surface area contributed by atoms with Crippen molar-refractivity contribution in [1.29, 1.82) is 0 Å². The number of carbonyl (C=O) groups is 1. The summed E-state index contributed by atoms with van der Waals surface area (Å²) >= 11 is 0. The van der Waals surface area contributed by atoms with Gasteiger partial charge in [0.15, 0.2) is 0 Å². The summed E-state index contributed by atoms with van der Waals surface area (Å²) in [6.45, 7) is 8.22. The Kier molecular flexibility index (Phi) is 11.9. The Morgan fingerprint density at radius 2 is 1.62 bits per heavy atom. The average Bonchev–Trinajstić information content (AvgIpc) is 2.91. The smallest absolute Gasteiger partial charge is 0.333 e. The van der Waals surface area contributed by atoms with Crippen LogP contribution in [0.25, 0.3) is 23.1 Å². The SMILES string of the molecule is C=C(C)C(=O)OC(CCC)CCCCCCCCOc1ccccc1C=Cc1ccc2ccccc2n1. The van der Waals surface area contributed by atoms with Crippen molar-refractivity contribution < 1.29 is 14.3 Å². The van der Waals surface area contributed by atoms with E-state index in [0.29, 0.717) is 12.2 Å². The predicted molar refractivity (Wildman–Crippen MR) is 155 cm³/mol. The molecule has 1 atom stereocenters. The Morgan fingerprint density at radius 1 is 0.892 bits per heavy atom. The van der Waals surface area contributed by atoms with Gasteiger partial charge in [0.1, 0.15) is 11.9 Å². The van der Waals surface area contributed by atoms with Crippen molar-refractivity contribution in [3.8, 4) is 5.75 Å². The summed E-state index contributed by atoms with van der Waals surface area (Å²) in [5, 5.41) is 1.15. The maximum Gasteiger partial charge on any atom is 0.333 e. The zero-order valence-electron chi connectivity index (χ0n) is 22.5. The number of unbranched alkanes of at least 4 members (excludes halogenated alkanes) is 5. The molecule has 196 valence electrons. The van der Waals surface area contributed by atoms with E-state index in [9.17, 15) is 4.79 Å². The first-order valence-electron chi connectivity index (χ1n) is 13.7. The molecule has 4 nitrogen and oxygen atoms in total. The maximum absolute atomic E-state index is 11.8. The number of nitrogens with zero attached hydrogens (tertiary/aromatic N) is 1. The highest BCUT2D eigenvalue weighted by Crippen LogP contribution is 2.22. The van der Waals surface area contributed by atoms with Gasteiger partial charge in [0.2, 0.25) is 0 Å². The second kappa shape index (κ2) is 15.7. The van der Waals surface area contributed by atoms with Crippen LogP contribution in [0.15, 0.2) is 72.8 Å². The molecule has 0 aliphatic carbocycles. The molecular weight excluding hydrogens is 458 g/mol. The van der Waals surface area contributed by atoms with Gasteiger partial charge in [0.05, 0.1) is 17.8 Å². The van der Waals surface area contributed by atoms with Gasteiger partial charge in [-0.3, -0.25) is 0 Å². The Hall–Kier alpha value is -3.40. The van der Waals surface area contributed by atoms with Crippen LogP contribution in [0.1, 0.15) is 82.9 Å². The number of ether oxygens (including phenoxy) is 2. The van der Waals surface area contributed by atoms with Gasteiger partial charge >= 0.3 is 5.97 Å². The number of hydrogen-bond donors (Lipinski definition) is 0. The molecule has 1 heterocycles. The number of aromatic nitrogens is 1. The minimum atomic E-state index is -0.263. The third-order valence-corrected chi connectivity index (χ3v) is 6.38. The van der Waals surface area contributed by atoms with Crippen LogP contribution >= 0.6 is 0 Å². The molecule has 0 saturated heterocycles. The highest BCUT2D eigenvalue weighted by Gasteiger charge is 2.13. The molecule has 37 heavy (non-hydrogen) atoms. The standard InChI is InChI=1S/C33H41NO3/c1-4-15-30(37-33(35)26(2)3)18-9-7-5-6-8-14-25-36-32-20-13-11-17-28(32)22-24-29-23-21-27-16-10-12-19-31(27)34-29/h10-13,16-17,19-24,30H,2,4-9,14-15,18,25H2,1,3H3. The molecule has 0 aliphatic rings. The van der Waals surface area contributed by atoms with E-state index in [0.717, 1.165) is 66.4 Å². The summed E-state index contributed by atoms with van der Waals surface area (Å²) in [5.41, 5.74) is 3.47. The second-order valence-corrected chi connectivity index (χ2v) is 9.65. The number of benzene rings is 2. The molecule has 3 aromatic rings. The van der Waals surface area contributed by atoms with Gasteiger partial charge in [-0.2, -0.15) is 0 Å². The number of para-hydroxylation sites is 2. The van der Waals surface area contributed by atoms with E-state index in [4.69, 9.17) is 14.5 Å². The first-order chi connectivity index (χ1) is 18.1. The molecule has 1 aromatic heterocycles. The summed E-state index contributed by atoms with van der Waals surface area (Å²) in [6.07, 6.45) is 13.9. The molecule has 0 saturated carbocycles. The van der Waals surface area contributed by atoms with E-state index in [1.54, 1.807) is 6.92 Å². The molecule has 2 aromatic carbocycles.